The van der Waals surface area contributed by atoms with E-state index in [9.17, 15) is 0 Å². The van der Waals surface area contributed by atoms with Gasteiger partial charge < -0.3 is 5.32 Å². The van der Waals surface area contributed by atoms with E-state index in [0.29, 0.717) is 6.04 Å². The van der Waals surface area contributed by atoms with Gasteiger partial charge in [0.05, 0.1) is 0 Å². The lowest BCUT2D eigenvalue weighted by molar-refractivity contribution is 0.588. The second-order valence-electron chi connectivity index (χ2n) is 5.00. The molecule has 1 atom stereocenters. The predicted octanol–water partition coefficient (Wildman–Crippen LogP) is 4.32. The van der Waals surface area contributed by atoms with Gasteiger partial charge in [-0.1, -0.05) is 46.2 Å². The van der Waals surface area contributed by atoms with Crippen LogP contribution < -0.4 is 5.32 Å². The molecule has 0 aromatic heterocycles. The molecule has 1 N–H and O–H groups in total. The molecule has 0 saturated heterocycles. The molecule has 0 aliphatic carbocycles. The normalized spacial score (nSPS) is 13.0. The van der Waals surface area contributed by atoms with Crippen LogP contribution in [0, 0.1) is 5.92 Å². The summed E-state index contributed by atoms with van der Waals surface area (Å²) in [5.41, 5.74) is 1.37. The molecule has 1 unspecified atom stereocenters. The van der Waals surface area contributed by atoms with Crippen molar-refractivity contribution in [3.8, 4) is 0 Å². The number of nitrogens with one attached hydrogen (secondary N) is 1. The highest BCUT2D eigenvalue weighted by Gasteiger charge is 2.01. The van der Waals surface area contributed by atoms with Crippen molar-refractivity contribution >= 4 is 11.8 Å². The third-order valence-electron chi connectivity index (χ3n) is 2.87. The Balaban J connectivity index is 2.39. The molecule has 1 rings (SSSR count). The molecule has 1 nitrogen and oxygen atoms in total. The van der Waals surface area contributed by atoms with Crippen LogP contribution in [0.1, 0.15) is 39.7 Å². The van der Waals surface area contributed by atoms with E-state index in [1.807, 2.05) is 11.8 Å². The molecule has 0 heterocycles. The van der Waals surface area contributed by atoms with Gasteiger partial charge >= 0.3 is 0 Å². The van der Waals surface area contributed by atoms with Crippen LogP contribution in [0.4, 0.5) is 0 Å². The van der Waals surface area contributed by atoms with Gasteiger partial charge in [0.15, 0.2) is 0 Å². The van der Waals surface area contributed by atoms with Gasteiger partial charge in [-0.25, -0.2) is 0 Å². The van der Waals surface area contributed by atoms with Crippen LogP contribution in [0.15, 0.2) is 29.2 Å². The Hall–Kier alpha value is -0.470. The van der Waals surface area contributed by atoms with Gasteiger partial charge in [-0.2, -0.15) is 0 Å². The van der Waals surface area contributed by atoms with Gasteiger partial charge in [-0.3, -0.25) is 0 Å². The summed E-state index contributed by atoms with van der Waals surface area (Å²) in [7, 11) is 0. The molecule has 0 spiro atoms. The molecule has 0 aliphatic rings. The van der Waals surface area contributed by atoms with Gasteiger partial charge in [0.1, 0.15) is 0 Å². The summed E-state index contributed by atoms with van der Waals surface area (Å²) >= 11 is 1.97. The lowest BCUT2D eigenvalue weighted by atomic mass is 10.2. The SMILES string of the molecule is CCC(C)CSc1ccc(CNC(C)C)cc1. The van der Waals surface area contributed by atoms with Crippen molar-refractivity contribution in [1.29, 1.82) is 0 Å². The monoisotopic (exact) mass is 251 g/mol. The first-order chi connectivity index (χ1) is 8.11. The summed E-state index contributed by atoms with van der Waals surface area (Å²) in [6.07, 6.45) is 1.27. The fourth-order valence-corrected chi connectivity index (χ4v) is 2.42. The van der Waals surface area contributed by atoms with E-state index >= 15 is 0 Å². The predicted molar refractivity (Wildman–Crippen MR) is 78.6 cm³/mol. The summed E-state index contributed by atoms with van der Waals surface area (Å²) < 4.78 is 0. The number of rotatable bonds is 7. The van der Waals surface area contributed by atoms with Crippen LogP contribution in [-0.2, 0) is 6.54 Å². The average molecular weight is 251 g/mol. The van der Waals surface area contributed by atoms with Crippen molar-refractivity contribution in [2.45, 2.75) is 51.6 Å². The Morgan fingerprint density at radius 2 is 1.76 bits per heavy atom. The molecule has 0 radical (unpaired) electrons. The highest BCUT2D eigenvalue weighted by atomic mass is 32.2. The molecule has 0 amide bonds. The molecular formula is C15H25NS. The minimum Gasteiger partial charge on any atom is -0.310 e. The van der Waals surface area contributed by atoms with E-state index in [2.05, 4.69) is 57.3 Å². The van der Waals surface area contributed by atoms with Gasteiger partial charge in [-0.15, -0.1) is 11.8 Å². The Kier molecular flexibility index (Phi) is 6.68. The summed E-state index contributed by atoms with van der Waals surface area (Å²) in [4.78, 5) is 1.39. The van der Waals surface area contributed by atoms with Crippen LogP contribution in [0.3, 0.4) is 0 Å². The molecule has 17 heavy (non-hydrogen) atoms. The first-order valence-corrected chi connectivity index (χ1v) is 7.55. The standard InChI is InChI=1S/C15H25NS/c1-5-13(4)11-17-15-8-6-14(7-9-15)10-16-12(2)3/h6-9,12-13,16H,5,10-11H2,1-4H3. The number of hydrogen-bond acceptors (Lipinski definition) is 2. The van der Waals surface area contributed by atoms with E-state index < -0.39 is 0 Å². The van der Waals surface area contributed by atoms with Gasteiger partial charge in [0.2, 0.25) is 0 Å². The van der Waals surface area contributed by atoms with E-state index in [1.54, 1.807) is 0 Å². The number of benzene rings is 1. The van der Waals surface area contributed by atoms with Crippen LogP contribution >= 0.6 is 11.8 Å². The van der Waals surface area contributed by atoms with E-state index in [0.717, 1.165) is 12.5 Å². The van der Waals surface area contributed by atoms with Crippen LogP contribution in [0.5, 0.6) is 0 Å². The molecule has 1 aromatic rings. The number of hydrogen-bond donors (Lipinski definition) is 1. The maximum absolute atomic E-state index is 3.43. The smallest absolute Gasteiger partial charge is 0.0207 e. The molecule has 96 valence electrons. The molecule has 2 heteroatoms. The molecule has 0 bridgehead atoms. The maximum atomic E-state index is 3.43. The molecule has 0 saturated carbocycles. The Labute approximate surface area is 110 Å². The third-order valence-corrected chi connectivity index (χ3v) is 4.21. The van der Waals surface area contributed by atoms with Crippen molar-refractivity contribution < 1.29 is 0 Å². The zero-order chi connectivity index (χ0) is 12.7. The second-order valence-corrected chi connectivity index (χ2v) is 6.10. The Morgan fingerprint density at radius 1 is 1.12 bits per heavy atom. The van der Waals surface area contributed by atoms with E-state index in [4.69, 9.17) is 0 Å². The topological polar surface area (TPSA) is 12.0 Å². The average Bonchev–Trinajstić information content (AvgIpc) is 2.34. The fourth-order valence-electron chi connectivity index (χ4n) is 1.38. The lowest BCUT2D eigenvalue weighted by Crippen LogP contribution is -2.21. The van der Waals surface area contributed by atoms with Gasteiger partial charge in [0.25, 0.3) is 0 Å². The first kappa shape index (κ1) is 14.6. The fraction of sp³-hybridized carbons (Fsp3) is 0.600. The second kappa shape index (κ2) is 7.78. The Morgan fingerprint density at radius 3 is 2.29 bits per heavy atom. The van der Waals surface area contributed by atoms with Crippen molar-refractivity contribution in [3.63, 3.8) is 0 Å². The van der Waals surface area contributed by atoms with Crippen LogP contribution in [-0.4, -0.2) is 11.8 Å². The Bertz CT molecular complexity index is 305. The zero-order valence-electron chi connectivity index (χ0n) is 11.5. The minimum atomic E-state index is 0.550. The zero-order valence-corrected chi connectivity index (χ0v) is 12.3. The first-order valence-electron chi connectivity index (χ1n) is 6.57. The molecule has 0 fully saturated rings. The summed E-state index contributed by atoms with van der Waals surface area (Å²) in [6.45, 7) is 9.89. The molecule has 1 aromatic carbocycles. The van der Waals surface area contributed by atoms with Crippen LogP contribution in [0.25, 0.3) is 0 Å². The van der Waals surface area contributed by atoms with Crippen molar-refractivity contribution in [2.24, 2.45) is 5.92 Å². The largest absolute Gasteiger partial charge is 0.310 e. The van der Waals surface area contributed by atoms with Crippen LogP contribution in [0.2, 0.25) is 0 Å². The van der Waals surface area contributed by atoms with Crippen molar-refractivity contribution in [2.75, 3.05) is 5.75 Å². The quantitative estimate of drug-likeness (QED) is 0.724. The van der Waals surface area contributed by atoms with E-state index in [-0.39, 0.29) is 0 Å². The van der Waals surface area contributed by atoms with Gasteiger partial charge in [-0.05, 0) is 23.6 Å². The molecule has 0 aliphatic heterocycles. The third kappa shape index (κ3) is 6.13. The summed E-state index contributed by atoms with van der Waals surface area (Å²) in [5.74, 6) is 2.03. The highest BCUT2D eigenvalue weighted by Crippen LogP contribution is 2.22. The maximum Gasteiger partial charge on any atom is 0.0207 e. The summed E-state index contributed by atoms with van der Waals surface area (Å²) in [5, 5.41) is 3.43. The minimum absolute atomic E-state index is 0.550. The van der Waals surface area contributed by atoms with Gasteiger partial charge in [0, 0.05) is 23.2 Å². The van der Waals surface area contributed by atoms with E-state index in [1.165, 1.54) is 22.6 Å². The number of thioether (sulfide) groups is 1. The highest BCUT2D eigenvalue weighted by molar-refractivity contribution is 7.99. The molecular weight excluding hydrogens is 226 g/mol. The van der Waals surface area contributed by atoms with Crippen molar-refractivity contribution in [3.05, 3.63) is 29.8 Å². The summed E-state index contributed by atoms with van der Waals surface area (Å²) in [6, 6.07) is 9.49. The lowest BCUT2D eigenvalue weighted by Gasteiger charge is -2.10. The van der Waals surface area contributed by atoms with Crippen molar-refractivity contribution in [1.82, 2.24) is 5.32 Å².